The first kappa shape index (κ1) is 9.86. The van der Waals surface area contributed by atoms with E-state index in [2.05, 4.69) is 31.6 Å². The lowest BCUT2D eigenvalue weighted by Gasteiger charge is -2.26. The van der Waals surface area contributed by atoms with Crippen LogP contribution in [0.1, 0.15) is 0 Å². The smallest absolute Gasteiger partial charge is 0.185 e. The molecule has 0 radical (unpaired) electrons. The van der Waals surface area contributed by atoms with Crippen molar-refractivity contribution in [3.05, 3.63) is 23.7 Å². The monoisotopic (exact) mass is 234 g/mol. The normalized spacial score (nSPS) is 16.6. The van der Waals surface area contributed by atoms with Gasteiger partial charge in [0.2, 0.25) is 0 Å². The summed E-state index contributed by atoms with van der Waals surface area (Å²) < 4.78 is 0. The Kier molecular flexibility index (Phi) is 2.63. The summed E-state index contributed by atoms with van der Waals surface area (Å²) in [5.41, 5.74) is 2.14. The van der Waals surface area contributed by atoms with E-state index in [9.17, 15) is 0 Å². The van der Waals surface area contributed by atoms with Gasteiger partial charge in [-0.2, -0.15) is 0 Å². The van der Waals surface area contributed by atoms with Crippen LogP contribution in [0.15, 0.2) is 23.7 Å². The summed E-state index contributed by atoms with van der Waals surface area (Å²) in [5, 5.41) is 6.59. The van der Waals surface area contributed by atoms with Gasteiger partial charge in [0.15, 0.2) is 5.13 Å². The van der Waals surface area contributed by atoms with Crippen molar-refractivity contribution in [1.29, 1.82) is 0 Å². The predicted molar refractivity (Wildman–Crippen MR) is 67.0 cm³/mol. The molecule has 0 aromatic carbocycles. The second kappa shape index (κ2) is 4.27. The van der Waals surface area contributed by atoms with Crippen molar-refractivity contribution in [2.24, 2.45) is 0 Å². The Bertz CT molecular complexity index is 442. The summed E-state index contributed by atoms with van der Waals surface area (Å²) >= 11 is 1.72. The first-order valence-electron chi connectivity index (χ1n) is 5.48. The summed E-state index contributed by atoms with van der Waals surface area (Å²) in [6, 6.07) is 4.05. The van der Waals surface area contributed by atoms with Crippen LogP contribution in [0, 0.1) is 0 Å². The van der Waals surface area contributed by atoms with Crippen molar-refractivity contribution in [1.82, 2.24) is 15.3 Å². The highest BCUT2D eigenvalue weighted by Crippen LogP contribution is 2.26. The molecule has 3 heterocycles. The molecule has 0 atom stereocenters. The molecule has 0 saturated carbocycles. The average molecular weight is 234 g/mol. The SMILES string of the molecule is c1c[nH]c(-c2csc(N3CCNCC3)n2)c1. The Morgan fingerprint density at radius 3 is 2.94 bits per heavy atom. The molecule has 1 fully saturated rings. The van der Waals surface area contributed by atoms with Gasteiger partial charge in [-0.25, -0.2) is 4.98 Å². The van der Waals surface area contributed by atoms with E-state index in [1.165, 1.54) is 0 Å². The van der Waals surface area contributed by atoms with E-state index >= 15 is 0 Å². The van der Waals surface area contributed by atoms with E-state index in [1.807, 2.05) is 12.3 Å². The van der Waals surface area contributed by atoms with Gasteiger partial charge >= 0.3 is 0 Å². The first-order valence-corrected chi connectivity index (χ1v) is 6.36. The Labute approximate surface area is 98.3 Å². The molecule has 0 amide bonds. The highest BCUT2D eigenvalue weighted by molar-refractivity contribution is 7.14. The van der Waals surface area contributed by atoms with Crippen LogP contribution in [0.5, 0.6) is 0 Å². The molecule has 2 aromatic rings. The van der Waals surface area contributed by atoms with Crippen molar-refractivity contribution in [3.8, 4) is 11.4 Å². The summed E-state index contributed by atoms with van der Waals surface area (Å²) in [4.78, 5) is 10.2. The molecule has 16 heavy (non-hydrogen) atoms. The molecule has 4 nitrogen and oxygen atoms in total. The number of rotatable bonds is 2. The van der Waals surface area contributed by atoms with Gasteiger partial charge in [-0.15, -0.1) is 11.3 Å². The molecule has 1 aliphatic rings. The minimum atomic E-state index is 1.04. The van der Waals surface area contributed by atoms with E-state index in [-0.39, 0.29) is 0 Å². The van der Waals surface area contributed by atoms with E-state index in [1.54, 1.807) is 11.3 Å². The standard InChI is InChI=1S/C11H14N4S/c1-2-9(13-3-1)10-8-16-11(14-10)15-6-4-12-5-7-15/h1-3,8,12-13H,4-7H2. The summed E-state index contributed by atoms with van der Waals surface area (Å²) in [6.45, 7) is 4.21. The fourth-order valence-corrected chi connectivity index (χ4v) is 2.76. The molecular weight excluding hydrogens is 220 g/mol. The molecule has 84 valence electrons. The van der Waals surface area contributed by atoms with Crippen LogP contribution < -0.4 is 10.2 Å². The molecule has 0 bridgehead atoms. The van der Waals surface area contributed by atoms with Crippen molar-refractivity contribution in [2.75, 3.05) is 31.1 Å². The highest BCUT2D eigenvalue weighted by atomic mass is 32.1. The molecule has 3 rings (SSSR count). The van der Waals surface area contributed by atoms with Gasteiger partial charge in [-0.05, 0) is 12.1 Å². The van der Waals surface area contributed by atoms with Crippen molar-refractivity contribution in [3.63, 3.8) is 0 Å². The number of anilines is 1. The lowest BCUT2D eigenvalue weighted by atomic mass is 10.3. The Morgan fingerprint density at radius 1 is 1.31 bits per heavy atom. The van der Waals surface area contributed by atoms with Gasteiger partial charge < -0.3 is 15.2 Å². The molecule has 0 aliphatic carbocycles. The fourth-order valence-electron chi connectivity index (χ4n) is 1.88. The zero-order chi connectivity index (χ0) is 10.8. The Balaban J connectivity index is 1.82. The third-order valence-corrected chi connectivity index (χ3v) is 3.65. The van der Waals surface area contributed by atoms with Crippen LogP contribution in [0.25, 0.3) is 11.4 Å². The maximum Gasteiger partial charge on any atom is 0.185 e. The van der Waals surface area contributed by atoms with Gasteiger partial charge in [-0.3, -0.25) is 0 Å². The van der Waals surface area contributed by atoms with Crippen molar-refractivity contribution in [2.45, 2.75) is 0 Å². The minimum Gasteiger partial charge on any atom is -0.360 e. The van der Waals surface area contributed by atoms with Crippen LogP contribution in [-0.2, 0) is 0 Å². The first-order chi connectivity index (χ1) is 7.93. The maximum atomic E-state index is 4.66. The van der Waals surface area contributed by atoms with Crippen molar-refractivity contribution >= 4 is 16.5 Å². The fraction of sp³-hybridized carbons (Fsp3) is 0.364. The van der Waals surface area contributed by atoms with Crippen LogP contribution in [0.4, 0.5) is 5.13 Å². The number of thiazole rings is 1. The van der Waals surface area contributed by atoms with E-state index in [0.29, 0.717) is 0 Å². The lowest BCUT2D eigenvalue weighted by Crippen LogP contribution is -2.43. The van der Waals surface area contributed by atoms with Crippen LogP contribution >= 0.6 is 11.3 Å². The van der Waals surface area contributed by atoms with Crippen LogP contribution in [0.3, 0.4) is 0 Å². The summed E-state index contributed by atoms with van der Waals surface area (Å²) in [5.74, 6) is 0. The summed E-state index contributed by atoms with van der Waals surface area (Å²) in [7, 11) is 0. The highest BCUT2D eigenvalue weighted by Gasteiger charge is 2.14. The van der Waals surface area contributed by atoms with E-state index in [4.69, 9.17) is 0 Å². The van der Waals surface area contributed by atoms with E-state index < -0.39 is 0 Å². The third kappa shape index (κ3) is 1.83. The van der Waals surface area contributed by atoms with Gasteiger partial charge in [0.25, 0.3) is 0 Å². The second-order valence-electron chi connectivity index (χ2n) is 3.84. The number of aromatic nitrogens is 2. The molecular formula is C11H14N4S. The quantitative estimate of drug-likeness (QED) is 0.828. The minimum absolute atomic E-state index is 1.04. The van der Waals surface area contributed by atoms with Gasteiger partial charge in [0.05, 0.1) is 11.4 Å². The molecule has 2 aromatic heterocycles. The number of H-pyrrole nitrogens is 1. The third-order valence-electron chi connectivity index (χ3n) is 2.75. The molecule has 0 spiro atoms. The van der Waals surface area contributed by atoms with Gasteiger partial charge in [0, 0.05) is 37.8 Å². The van der Waals surface area contributed by atoms with Gasteiger partial charge in [0.1, 0.15) is 0 Å². The molecule has 5 heteroatoms. The zero-order valence-corrected chi connectivity index (χ0v) is 9.76. The average Bonchev–Trinajstić information content (AvgIpc) is 3.01. The molecule has 2 N–H and O–H groups in total. The topological polar surface area (TPSA) is 44.0 Å². The Hall–Kier alpha value is -1.33. The van der Waals surface area contributed by atoms with E-state index in [0.717, 1.165) is 42.7 Å². The maximum absolute atomic E-state index is 4.66. The summed E-state index contributed by atoms with van der Waals surface area (Å²) in [6.07, 6.45) is 1.93. The van der Waals surface area contributed by atoms with Crippen LogP contribution in [-0.4, -0.2) is 36.1 Å². The predicted octanol–water partition coefficient (Wildman–Crippen LogP) is 1.55. The number of piperazine rings is 1. The number of hydrogen-bond acceptors (Lipinski definition) is 4. The number of hydrogen-bond donors (Lipinski definition) is 2. The molecule has 1 aliphatic heterocycles. The second-order valence-corrected chi connectivity index (χ2v) is 4.67. The molecule has 0 unspecified atom stereocenters. The number of nitrogens with zero attached hydrogens (tertiary/aromatic N) is 2. The Morgan fingerprint density at radius 2 is 2.19 bits per heavy atom. The largest absolute Gasteiger partial charge is 0.360 e. The van der Waals surface area contributed by atoms with Crippen molar-refractivity contribution < 1.29 is 0 Å². The van der Waals surface area contributed by atoms with Crippen LogP contribution in [0.2, 0.25) is 0 Å². The number of aromatic amines is 1. The lowest BCUT2D eigenvalue weighted by molar-refractivity contribution is 0.588. The number of nitrogens with one attached hydrogen (secondary N) is 2. The molecule has 1 saturated heterocycles. The van der Waals surface area contributed by atoms with Gasteiger partial charge in [-0.1, -0.05) is 0 Å². The zero-order valence-electron chi connectivity index (χ0n) is 8.94.